The number of carbonyl (C=O) groups is 1. The number of aryl methyl sites for hydroxylation is 1. The molecule has 0 aliphatic carbocycles. The van der Waals surface area contributed by atoms with Crippen molar-refractivity contribution in [3.63, 3.8) is 0 Å². The van der Waals surface area contributed by atoms with Gasteiger partial charge >= 0.3 is 0 Å². The molecule has 2 N–H and O–H groups in total. The van der Waals surface area contributed by atoms with Gasteiger partial charge in [-0.05, 0) is 20.8 Å². The van der Waals surface area contributed by atoms with E-state index in [-0.39, 0.29) is 23.3 Å². The predicted octanol–water partition coefficient (Wildman–Crippen LogP) is 3.58. The van der Waals surface area contributed by atoms with Gasteiger partial charge in [-0.3, -0.25) is 9.59 Å². The molecular formula is C23H25F2N5O3. The van der Waals surface area contributed by atoms with Crippen molar-refractivity contribution < 1.29 is 18.3 Å². The molecule has 1 unspecified atom stereocenters. The Hall–Kier alpha value is -3.56. The molecule has 1 amide bonds. The van der Waals surface area contributed by atoms with Gasteiger partial charge in [0.25, 0.3) is 5.56 Å². The molecule has 10 heteroatoms. The maximum Gasteiger partial charge on any atom is 0.291 e. The summed E-state index contributed by atoms with van der Waals surface area (Å²) in [7, 11) is 0. The van der Waals surface area contributed by atoms with E-state index in [9.17, 15) is 18.4 Å². The van der Waals surface area contributed by atoms with Crippen molar-refractivity contribution in [1.29, 1.82) is 0 Å². The largest absolute Gasteiger partial charge is 0.481 e. The van der Waals surface area contributed by atoms with E-state index >= 15 is 0 Å². The molecule has 2 aromatic heterocycles. The van der Waals surface area contributed by atoms with Gasteiger partial charge in [0.05, 0.1) is 24.5 Å². The maximum atomic E-state index is 14.9. The molecule has 3 heterocycles. The van der Waals surface area contributed by atoms with Gasteiger partial charge in [-0.15, -0.1) is 0 Å². The van der Waals surface area contributed by atoms with Gasteiger partial charge in [-0.1, -0.05) is 18.2 Å². The van der Waals surface area contributed by atoms with Crippen LogP contribution in [0.1, 0.15) is 49.9 Å². The third kappa shape index (κ3) is 4.50. The Kier molecular flexibility index (Phi) is 6.01. The smallest absolute Gasteiger partial charge is 0.291 e. The Morgan fingerprint density at radius 2 is 1.97 bits per heavy atom. The number of carbonyl (C=O) groups excluding carboxylic acids is 1. The average Bonchev–Trinajstić information content (AvgIpc) is 2.70. The number of nitrogens with zero attached hydrogens (tertiary/aromatic N) is 3. The topological polar surface area (TPSA) is 100 Å². The third-order valence-corrected chi connectivity index (χ3v) is 5.68. The molecule has 1 fully saturated rings. The Bertz CT molecular complexity index is 1270. The van der Waals surface area contributed by atoms with E-state index in [1.807, 2.05) is 0 Å². The van der Waals surface area contributed by atoms with E-state index in [1.54, 1.807) is 30.9 Å². The van der Waals surface area contributed by atoms with Gasteiger partial charge in [-0.25, -0.2) is 18.7 Å². The van der Waals surface area contributed by atoms with Crippen LogP contribution < -0.4 is 15.6 Å². The third-order valence-electron chi connectivity index (χ3n) is 5.68. The lowest BCUT2D eigenvalue weighted by Crippen LogP contribution is -2.55. The van der Waals surface area contributed by atoms with Crippen molar-refractivity contribution in [3.8, 4) is 5.75 Å². The number of fused-ring (bicyclic) bond motifs is 1. The second-order valence-corrected chi connectivity index (χ2v) is 8.24. The number of hydrogen-bond donors (Lipinski definition) is 2. The molecule has 0 bridgehead atoms. The number of anilines is 1. The van der Waals surface area contributed by atoms with Crippen LogP contribution >= 0.6 is 0 Å². The molecule has 0 saturated carbocycles. The quantitative estimate of drug-likeness (QED) is 0.587. The summed E-state index contributed by atoms with van der Waals surface area (Å²) in [5, 5.41) is 3.64. The molecule has 1 aliphatic rings. The van der Waals surface area contributed by atoms with Gasteiger partial charge in [0.1, 0.15) is 35.4 Å². The molecule has 2 atom stereocenters. The van der Waals surface area contributed by atoms with Crippen molar-refractivity contribution in [2.45, 2.75) is 46.0 Å². The molecule has 8 nitrogen and oxygen atoms in total. The number of H-pyrrole nitrogens is 1. The van der Waals surface area contributed by atoms with E-state index in [0.717, 1.165) is 0 Å². The van der Waals surface area contributed by atoms with E-state index in [1.165, 1.54) is 26.0 Å². The second-order valence-electron chi connectivity index (χ2n) is 8.24. The Labute approximate surface area is 189 Å². The van der Waals surface area contributed by atoms with Crippen molar-refractivity contribution in [3.05, 3.63) is 57.4 Å². The number of pyridine rings is 1. The number of hydrogen-bond acceptors (Lipinski definition) is 6. The number of likely N-dealkylation sites (tertiary alicyclic amines) is 1. The van der Waals surface area contributed by atoms with Crippen LogP contribution in [0.15, 0.2) is 29.1 Å². The molecule has 33 heavy (non-hydrogen) atoms. The van der Waals surface area contributed by atoms with Crippen LogP contribution in [0.5, 0.6) is 5.75 Å². The number of halogens is 2. The van der Waals surface area contributed by atoms with Crippen LogP contribution in [-0.4, -0.2) is 45.0 Å². The molecule has 0 spiro atoms. The molecule has 0 radical (unpaired) electrons. The van der Waals surface area contributed by atoms with Crippen molar-refractivity contribution >= 4 is 22.8 Å². The number of nitrogens with one attached hydrogen (secondary N) is 2. The van der Waals surface area contributed by atoms with Gasteiger partial charge < -0.3 is 19.9 Å². The van der Waals surface area contributed by atoms with Crippen LogP contribution in [0.3, 0.4) is 0 Å². The molecule has 1 aliphatic heterocycles. The van der Waals surface area contributed by atoms with E-state index < -0.39 is 23.6 Å². The first-order valence-corrected chi connectivity index (χ1v) is 10.7. The molecule has 1 saturated heterocycles. The van der Waals surface area contributed by atoms with Crippen molar-refractivity contribution in [2.24, 2.45) is 0 Å². The lowest BCUT2D eigenvalue weighted by molar-refractivity contribution is -0.137. The minimum absolute atomic E-state index is 0.00926. The summed E-state index contributed by atoms with van der Waals surface area (Å²) in [6.45, 7) is 6.99. The van der Waals surface area contributed by atoms with Crippen LogP contribution in [0, 0.1) is 12.7 Å². The number of aromatic amines is 1. The standard InChI is InChI=1S/C23H25F2N5O3/c1-11(24)16-6-5-7-17(20(16)25)12(2)26-21-18-8-19(33-15-9-30(10-15)14(4)31)23(32)29-22(18)28-13(3)27-21/h5-8,11-12,15H,9-10H2,1-4H3,(H2,26,27,28,29,32)/t11?,12-/m1/s1. The molecule has 1 aromatic carbocycles. The summed E-state index contributed by atoms with van der Waals surface area (Å²) in [4.78, 5) is 36.9. The summed E-state index contributed by atoms with van der Waals surface area (Å²) < 4.78 is 34.4. The first-order valence-electron chi connectivity index (χ1n) is 10.7. The Morgan fingerprint density at radius 3 is 2.64 bits per heavy atom. The van der Waals surface area contributed by atoms with Gasteiger partial charge in [-0.2, -0.15) is 0 Å². The monoisotopic (exact) mass is 457 g/mol. The summed E-state index contributed by atoms with van der Waals surface area (Å²) in [5.74, 6) is 0.204. The van der Waals surface area contributed by atoms with E-state index in [0.29, 0.717) is 41.3 Å². The number of ether oxygens (including phenoxy) is 1. The summed E-state index contributed by atoms with van der Waals surface area (Å²) in [6, 6.07) is 5.60. The highest BCUT2D eigenvalue weighted by molar-refractivity contribution is 5.87. The lowest BCUT2D eigenvalue weighted by Gasteiger charge is -2.38. The zero-order valence-corrected chi connectivity index (χ0v) is 18.8. The highest BCUT2D eigenvalue weighted by atomic mass is 19.1. The number of benzene rings is 1. The molecule has 4 rings (SSSR count). The Morgan fingerprint density at radius 1 is 1.27 bits per heavy atom. The predicted molar refractivity (Wildman–Crippen MR) is 120 cm³/mol. The number of aromatic nitrogens is 3. The fraction of sp³-hybridized carbons (Fsp3) is 0.391. The highest BCUT2D eigenvalue weighted by Gasteiger charge is 2.31. The highest BCUT2D eigenvalue weighted by Crippen LogP contribution is 2.30. The number of rotatable bonds is 6. The minimum Gasteiger partial charge on any atom is -0.481 e. The van der Waals surface area contributed by atoms with Crippen molar-refractivity contribution in [2.75, 3.05) is 18.4 Å². The fourth-order valence-electron chi connectivity index (χ4n) is 3.82. The van der Waals surface area contributed by atoms with Gasteiger partial charge in [0.2, 0.25) is 5.91 Å². The van der Waals surface area contributed by atoms with Crippen molar-refractivity contribution in [1.82, 2.24) is 19.9 Å². The summed E-state index contributed by atoms with van der Waals surface area (Å²) in [5.41, 5.74) is 0.141. The van der Waals surface area contributed by atoms with E-state index in [2.05, 4.69) is 20.3 Å². The zero-order valence-electron chi connectivity index (χ0n) is 18.8. The normalized spacial score (nSPS) is 15.8. The van der Waals surface area contributed by atoms with Crippen LogP contribution in [-0.2, 0) is 4.79 Å². The van der Waals surface area contributed by atoms with Crippen LogP contribution in [0.2, 0.25) is 0 Å². The minimum atomic E-state index is -1.44. The molecule has 3 aromatic rings. The first-order chi connectivity index (χ1) is 15.6. The zero-order chi connectivity index (χ0) is 23.9. The van der Waals surface area contributed by atoms with Crippen LogP contribution in [0.25, 0.3) is 11.0 Å². The van der Waals surface area contributed by atoms with Crippen LogP contribution in [0.4, 0.5) is 14.6 Å². The summed E-state index contributed by atoms with van der Waals surface area (Å²) in [6.07, 6.45) is -1.72. The molecule has 174 valence electrons. The summed E-state index contributed by atoms with van der Waals surface area (Å²) >= 11 is 0. The molecular weight excluding hydrogens is 432 g/mol. The van der Waals surface area contributed by atoms with Gasteiger partial charge in [0.15, 0.2) is 5.75 Å². The number of alkyl halides is 1. The van der Waals surface area contributed by atoms with E-state index in [4.69, 9.17) is 4.74 Å². The number of amides is 1. The fourth-order valence-corrected chi connectivity index (χ4v) is 3.82. The Balaban J connectivity index is 1.65. The maximum absolute atomic E-state index is 14.9. The second kappa shape index (κ2) is 8.76. The van der Waals surface area contributed by atoms with Gasteiger partial charge in [0, 0.05) is 24.1 Å². The SMILES string of the molecule is CC(=O)N1CC(Oc2cc3c(N[C@H](C)c4cccc(C(C)F)c4F)nc(C)nc3[nH]c2=O)C1. The lowest BCUT2D eigenvalue weighted by atomic mass is 10.0. The first kappa shape index (κ1) is 22.6. The average molecular weight is 457 g/mol.